The van der Waals surface area contributed by atoms with E-state index in [0.717, 1.165) is 108 Å². The minimum Gasteiger partial charge on any atom is -0.462 e. The molecule has 0 saturated heterocycles. The van der Waals surface area contributed by atoms with E-state index in [1.54, 1.807) is 0 Å². The van der Waals surface area contributed by atoms with Crippen molar-refractivity contribution < 1.29 is 80.2 Å². The Labute approximate surface area is 588 Å². The van der Waals surface area contributed by atoms with Gasteiger partial charge in [0.25, 0.3) is 0 Å². The highest BCUT2D eigenvalue weighted by molar-refractivity contribution is 7.47. The first-order valence-corrected chi connectivity index (χ1v) is 42.9. The van der Waals surface area contributed by atoms with E-state index in [0.29, 0.717) is 25.7 Å². The molecule has 0 saturated carbocycles. The van der Waals surface area contributed by atoms with Crippen LogP contribution in [0.1, 0.15) is 395 Å². The van der Waals surface area contributed by atoms with E-state index in [9.17, 15) is 43.2 Å². The number of hydrogen-bond donors (Lipinski definition) is 3. The molecule has 0 aromatic rings. The number of hydrogen-bond acceptors (Lipinski definition) is 15. The van der Waals surface area contributed by atoms with Gasteiger partial charge in [-0.1, -0.05) is 344 Å². The topological polar surface area (TPSA) is 237 Å². The summed E-state index contributed by atoms with van der Waals surface area (Å²) in [6.45, 7) is 11.9. The molecule has 0 rings (SSSR count). The van der Waals surface area contributed by atoms with Crippen LogP contribution in [-0.2, 0) is 65.4 Å². The highest BCUT2D eigenvalue weighted by Crippen LogP contribution is 2.45. The van der Waals surface area contributed by atoms with Gasteiger partial charge in [0.05, 0.1) is 26.4 Å². The van der Waals surface area contributed by atoms with Crippen molar-refractivity contribution in [2.75, 3.05) is 39.6 Å². The van der Waals surface area contributed by atoms with Crippen LogP contribution in [0.5, 0.6) is 0 Å². The summed E-state index contributed by atoms with van der Waals surface area (Å²) in [6, 6.07) is 0. The predicted molar refractivity (Wildman–Crippen MR) is 391 cm³/mol. The molecule has 0 radical (unpaired) electrons. The van der Waals surface area contributed by atoms with Crippen LogP contribution in [0.25, 0.3) is 0 Å². The monoisotopic (exact) mass is 1410 g/mol. The maximum absolute atomic E-state index is 13.1. The van der Waals surface area contributed by atoms with Crippen molar-refractivity contribution in [3.05, 3.63) is 0 Å². The van der Waals surface area contributed by atoms with Crippen LogP contribution in [0.4, 0.5) is 0 Å². The molecular formula is C77H150O17P2. The van der Waals surface area contributed by atoms with Gasteiger partial charge in [-0.3, -0.25) is 37.3 Å². The number of carbonyl (C=O) groups excluding carboxylic acids is 4. The molecule has 0 spiro atoms. The lowest BCUT2D eigenvalue weighted by atomic mass is 9.99. The standard InChI is InChI=1S/C77H150O17P2/c1-8-10-11-12-13-14-15-16-20-23-29-37-44-51-58-74(79)87-64-72(93-76(81)60-53-46-39-30-24-21-18-17-19-22-28-36-43-50-57-70(7)9-2)66-91-95(83,84)89-62-71(78)63-90-96(85,86)92-67-73(65-88-75(80)59-52-45-38-33-32-35-42-49-56-69(5)6)94-77(82)61-54-47-40-31-26-25-27-34-41-48-55-68(3)4/h68-73,78H,8-67H2,1-7H3,(H,83,84)(H,85,86)/t70?,71-,72-,73-/m1/s1. The number of aliphatic hydroxyl groups excluding tert-OH is 1. The summed E-state index contributed by atoms with van der Waals surface area (Å²) in [7, 11) is -9.91. The first-order valence-electron chi connectivity index (χ1n) is 39.9. The number of phosphoric acid groups is 2. The molecule has 0 fully saturated rings. The minimum absolute atomic E-state index is 0.105. The molecule has 6 atom stereocenters. The van der Waals surface area contributed by atoms with Crippen LogP contribution < -0.4 is 0 Å². The average molecular weight is 1410 g/mol. The Morgan fingerprint density at radius 1 is 0.302 bits per heavy atom. The quantitative estimate of drug-likeness (QED) is 0.0222. The molecule has 3 N–H and O–H groups in total. The van der Waals surface area contributed by atoms with E-state index < -0.39 is 97.5 Å². The molecule has 0 heterocycles. The van der Waals surface area contributed by atoms with Gasteiger partial charge in [-0.25, -0.2) is 9.13 Å². The molecule has 19 heteroatoms. The number of esters is 4. The summed E-state index contributed by atoms with van der Waals surface area (Å²) >= 11 is 0. The van der Waals surface area contributed by atoms with Crippen LogP contribution in [-0.4, -0.2) is 96.7 Å². The second-order valence-corrected chi connectivity index (χ2v) is 31.8. The van der Waals surface area contributed by atoms with Gasteiger partial charge >= 0.3 is 39.5 Å². The molecule has 0 aromatic heterocycles. The summed E-state index contributed by atoms with van der Waals surface area (Å²) in [6.07, 6.45) is 54.0. The predicted octanol–water partition coefficient (Wildman–Crippen LogP) is 22.6. The Hall–Kier alpha value is -1.94. The van der Waals surface area contributed by atoms with Crippen molar-refractivity contribution in [1.82, 2.24) is 0 Å². The largest absolute Gasteiger partial charge is 0.472 e. The lowest BCUT2D eigenvalue weighted by Gasteiger charge is -2.21. The molecule has 0 bridgehead atoms. The Morgan fingerprint density at radius 2 is 0.531 bits per heavy atom. The minimum atomic E-state index is -4.96. The molecule has 0 amide bonds. The number of aliphatic hydroxyl groups is 1. The average Bonchev–Trinajstić information content (AvgIpc) is 1.47. The van der Waals surface area contributed by atoms with Crippen LogP contribution >= 0.6 is 15.6 Å². The SMILES string of the molecule is CCCCCCCCCCCCCCCCC(=O)OC[C@H](COP(=O)(O)OC[C@@H](O)COP(=O)(O)OC[C@@H](COC(=O)CCCCCCCCCCC(C)C)OC(=O)CCCCCCCCCCCCC(C)C)OC(=O)CCCCCCCCCCCCCCCCC(C)CC. The van der Waals surface area contributed by atoms with Gasteiger partial charge in [-0.2, -0.15) is 0 Å². The first kappa shape index (κ1) is 94.1. The molecular weight excluding hydrogens is 1260 g/mol. The van der Waals surface area contributed by atoms with E-state index in [2.05, 4.69) is 48.5 Å². The normalized spacial score (nSPS) is 14.3. The van der Waals surface area contributed by atoms with Gasteiger partial charge in [0.1, 0.15) is 19.3 Å². The highest BCUT2D eigenvalue weighted by atomic mass is 31.2. The third-order valence-corrected chi connectivity index (χ3v) is 20.1. The summed E-state index contributed by atoms with van der Waals surface area (Å²) in [4.78, 5) is 72.9. The number of rotatable bonds is 75. The maximum Gasteiger partial charge on any atom is 0.472 e. The zero-order valence-corrected chi connectivity index (χ0v) is 64.6. The lowest BCUT2D eigenvalue weighted by Crippen LogP contribution is -2.30. The second kappa shape index (κ2) is 67.5. The number of ether oxygens (including phenoxy) is 4. The van der Waals surface area contributed by atoms with Gasteiger partial charge in [0.2, 0.25) is 0 Å². The molecule has 0 aliphatic rings. The van der Waals surface area contributed by atoms with Gasteiger partial charge in [-0.15, -0.1) is 0 Å². The zero-order valence-electron chi connectivity index (χ0n) is 62.8. The summed E-state index contributed by atoms with van der Waals surface area (Å²) < 4.78 is 68.6. The van der Waals surface area contributed by atoms with E-state index in [4.69, 9.17) is 37.0 Å². The summed E-state index contributed by atoms with van der Waals surface area (Å²) in [5.74, 6) is 0.208. The lowest BCUT2D eigenvalue weighted by molar-refractivity contribution is -0.161. The smallest absolute Gasteiger partial charge is 0.462 e. The highest BCUT2D eigenvalue weighted by Gasteiger charge is 2.30. The molecule has 17 nitrogen and oxygen atoms in total. The molecule has 570 valence electrons. The van der Waals surface area contributed by atoms with Crippen LogP contribution in [0.15, 0.2) is 0 Å². The Kier molecular flexibility index (Phi) is 66.2. The molecule has 0 aliphatic carbocycles. The Morgan fingerprint density at radius 3 is 0.792 bits per heavy atom. The third kappa shape index (κ3) is 69.2. The van der Waals surface area contributed by atoms with Crippen LogP contribution in [0.2, 0.25) is 0 Å². The van der Waals surface area contributed by atoms with Crippen molar-refractivity contribution in [1.29, 1.82) is 0 Å². The fraction of sp³-hybridized carbons (Fsp3) is 0.948. The van der Waals surface area contributed by atoms with Crippen molar-refractivity contribution in [3.63, 3.8) is 0 Å². The second-order valence-electron chi connectivity index (χ2n) is 28.9. The number of phosphoric ester groups is 2. The van der Waals surface area contributed by atoms with Crippen molar-refractivity contribution >= 4 is 39.5 Å². The van der Waals surface area contributed by atoms with Crippen molar-refractivity contribution in [2.24, 2.45) is 17.8 Å². The van der Waals surface area contributed by atoms with E-state index >= 15 is 0 Å². The van der Waals surface area contributed by atoms with E-state index in [1.165, 1.54) is 205 Å². The van der Waals surface area contributed by atoms with E-state index in [-0.39, 0.29) is 25.7 Å². The number of carbonyl (C=O) groups is 4. The molecule has 96 heavy (non-hydrogen) atoms. The molecule has 3 unspecified atom stereocenters. The van der Waals surface area contributed by atoms with Crippen LogP contribution in [0, 0.1) is 17.8 Å². The third-order valence-electron chi connectivity index (χ3n) is 18.2. The van der Waals surface area contributed by atoms with Gasteiger partial charge in [0.15, 0.2) is 12.2 Å². The summed E-state index contributed by atoms with van der Waals surface area (Å²) in [5.41, 5.74) is 0. The number of unbranched alkanes of at least 4 members (excludes halogenated alkanes) is 42. The van der Waals surface area contributed by atoms with Gasteiger partial charge in [0, 0.05) is 25.7 Å². The van der Waals surface area contributed by atoms with Gasteiger partial charge in [-0.05, 0) is 43.4 Å². The first-order chi connectivity index (χ1) is 46.3. The zero-order chi connectivity index (χ0) is 70.9. The van der Waals surface area contributed by atoms with Gasteiger partial charge < -0.3 is 33.8 Å². The maximum atomic E-state index is 13.1. The fourth-order valence-electron chi connectivity index (χ4n) is 11.7. The summed E-state index contributed by atoms with van der Waals surface area (Å²) in [5, 5.41) is 10.6. The molecule has 0 aliphatic heterocycles. The van der Waals surface area contributed by atoms with Crippen molar-refractivity contribution in [2.45, 2.75) is 414 Å². The Balaban J connectivity index is 5.26. The van der Waals surface area contributed by atoms with E-state index in [1.807, 2.05) is 0 Å². The van der Waals surface area contributed by atoms with Crippen LogP contribution in [0.3, 0.4) is 0 Å². The fourth-order valence-corrected chi connectivity index (χ4v) is 13.3. The van der Waals surface area contributed by atoms with Crippen molar-refractivity contribution in [3.8, 4) is 0 Å². The molecule has 0 aromatic carbocycles. The Bertz CT molecular complexity index is 1870.